The van der Waals surface area contributed by atoms with Crippen LogP contribution in [0.25, 0.3) is 0 Å². The van der Waals surface area contributed by atoms with Crippen molar-refractivity contribution in [3.8, 4) is 0 Å². The summed E-state index contributed by atoms with van der Waals surface area (Å²) in [6.45, 7) is 0. The average molecular weight is 414 g/mol. The minimum Gasteiger partial charge on any atom is -0.364 e. The Hall–Kier alpha value is -2.87. The molecule has 8 heteroatoms. The molecule has 1 aliphatic rings. The first-order valence-corrected chi connectivity index (χ1v) is 10.3. The molecule has 3 N–H and O–H groups in total. The van der Waals surface area contributed by atoms with Crippen molar-refractivity contribution in [3.05, 3.63) is 88.9 Å². The highest BCUT2D eigenvalue weighted by Crippen LogP contribution is 2.30. The Bertz CT molecular complexity index is 1130. The summed E-state index contributed by atoms with van der Waals surface area (Å²) >= 11 is 5.84. The van der Waals surface area contributed by atoms with Gasteiger partial charge in [-0.15, -0.1) is 0 Å². The SMILES string of the molecule is O=C(Nc1ccc(Cl)cc1)c1ccc([C@@H]2Nc3ccccc3S(=O)(=O)N2)cc1. The quantitative estimate of drug-likeness (QED) is 0.605. The molecule has 1 atom stereocenters. The van der Waals surface area contributed by atoms with Gasteiger partial charge >= 0.3 is 0 Å². The molecule has 0 saturated carbocycles. The van der Waals surface area contributed by atoms with Crippen molar-refractivity contribution in [1.29, 1.82) is 0 Å². The largest absolute Gasteiger partial charge is 0.364 e. The lowest BCUT2D eigenvalue weighted by Gasteiger charge is -2.28. The molecular formula is C20H16ClN3O3S. The second-order valence-corrected chi connectivity index (χ2v) is 8.40. The van der Waals surface area contributed by atoms with E-state index in [1.54, 1.807) is 72.8 Å². The number of halogens is 1. The summed E-state index contributed by atoms with van der Waals surface area (Å²) in [6.07, 6.45) is -0.617. The predicted molar refractivity (Wildman–Crippen MR) is 109 cm³/mol. The van der Waals surface area contributed by atoms with E-state index in [1.807, 2.05) is 0 Å². The van der Waals surface area contributed by atoms with Crippen LogP contribution in [0.2, 0.25) is 5.02 Å². The van der Waals surface area contributed by atoms with Gasteiger partial charge in [0.25, 0.3) is 5.91 Å². The van der Waals surface area contributed by atoms with Crippen LogP contribution in [0.15, 0.2) is 77.7 Å². The van der Waals surface area contributed by atoms with E-state index in [-0.39, 0.29) is 10.8 Å². The zero-order valence-corrected chi connectivity index (χ0v) is 16.1. The molecule has 28 heavy (non-hydrogen) atoms. The van der Waals surface area contributed by atoms with Gasteiger partial charge in [-0.05, 0) is 54.1 Å². The molecule has 0 unspecified atom stereocenters. The Morgan fingerprint density at radius 2 is 1.61 bits per heavy atom. The monoisotopic (exact) mass is 413 g/mol. The smallest absolute Gasteiger partial charge is 0.255 e. The molecule has 3 aromatic carbocycles. The van der Waals surface area contributed by atoms with Crippen molar-refractivity contribution >= 4 is 38.9 Å². The summed E-state index contributed by atoms with van der Waals surface area (Å²) < 4.78 is 27.5. The fraction of sp³-hybridized carbons (Fsp3) is 0.0500. The number of amides is 1. The number of benzene rings is 3. The lowest BCUT2D eigenvalue weighted by molar-refractivity contribution is 0.102. The number of fused-ring (bicyclic) bond motifs is 1. The first-order valence-electron chi connectivity index (χ1n) is 8.47. The van der Waals surface area contributed by atoms with Gasteiger partial charge in [0.15, 0.2) is 0 Å². The number of nitrogens with one attached hydrogen (secondary N) is 3. The second kappa shape index (κ2) is 7.27. The lowest BCUT2D eigenvalue weighted by atomic mass is 10.1. The van der Waals surface area contributed by atoms with E-state index in [9.17, 15) is 13.2 Å². The highest BCUT2D eigenvalue weighted by molar-refractivity contribution is 7.89. The van der Waals surface area contributed by atoms with Crippen LogP contribution in [0.1, 0.15) is 22.1 Å². The van der Waals surface area contributed by atoms with Crippen LogP contribution in [0.3, 0.4) is 0 Å². The van der Waals surface area contributed by atoms with Crippen LogP contribution in [0.4, 0.5) is 11.4 Å². The van der Waals surface area contributed by atoms with E-state index >= 15 is 0 Å². The van der Waals surface area contributed by atoms with Gasteiger partial charge in [0.1, 0.15) is 11.1 Å². The van der Waals surface area contributed by atoms with Crippen molar-refractivity contribution in [2.24, 2.45) is 0 Å². The maximum atomic E-state index is 12.4. The van der Waals surface area contributed by atoms with Crippen molar-refractivity contribution < 1.29 is 13.2 Å². The predicted octanol–water partition coefficient (Wildman–Crippen LogP) is 3.99. The van der Waals surface area contributed by atoms with Gasteiger partial charge < -0.3 is 10.6 Å². The first-order chi connectivity index (χ1) is 13.4. The average Bonchev–Trinajstić information content (AvgIpc) is 2.69. The van der Waals surface area contributed by atoms with E-state index in [1.165, 1.54) is 0 Å². The van der Waals surface area contributed by atoms with Crippen LogP contribution in [0.5, 0.6) is 0 Å². The van der Waals surface area contributed by atoms with Crippen LogP contribution in [0, 0.1) is 0 Å². The maximum absolute atomic E-state index is 12.4. The van der Waals surface area contributed by atoms with Gasteiger partial charge in [0.2, 0.25) is 10.0 Å². The minimum atomic E-state index is -3.61. The molecule has 0 aromatic heterocycles. The van der Waals surface area contributed by atoms with Crippen LogP contribution < -0.4 is 15.4 Å². The van der Waals surface area contributed by atoms with Crippen molar-refractivity contribution in [2.45, 2.75) is 11.1 Å². The third kappa shape index (κ3) is 3.73. The summed E-state index contributed by atoms with van der Waals surface area (Å²) in [5.41, 5.74) is 2.33. The van der Waals surface area contributed by atoms with Crippen LogP contribution in [-0.4, -0.2) is 14.3 Å². The first kappa shape index (κ1) is 18.5. The lowest BCUT2D eigenvalue weighted by Crippen LogP contribution is -2.38. The van der Waals surface area contributed by atoms with E-state index in [4.69, 9.17) is 11.6 Å². The molecule has 142 valence electrons. The molecule has 0 spiro atoms. The number of para-hydroxylation sites is 1. The van der Waals surface area contributed by atoms with Crippen molar-refractivity contribution in [3.63, 3.8) is 0 Å². The molecule has 4 rings (SSSR count). The second-order valence-electron chi connectivity index (χ2n) is 6.28. The fourth-order valence-electron chi connectivity index (χ4n) is 2.94. The number of sulfonamides is 1. The van der Waals surface area contributed by atoms with E-state index < -0.39 is 16.2 Å². The van der Waals surface area contributed by atoms with Crippen LogP contribution >= 0.6 is 11.6 Å². The Morgan fingerprint density at radius 1 is 0.929 bits per heavy atom. The molecule has 3 aromatic rings. The van der Waals surface area contributed by atoms with Crippen molar-refractivity contribution in [1.82, 2.24) is 4.72 Å². The number of hydrogen-bond acceptors (Lipinski definition) is 4. The van der Waals surface area contributed by atoms with E-state index in [0.29, 0.717) is 27.5 Å². The number of anilines is 2. The van der Waals surface area contributed by atoms with E-state index in [0.717, 1.165) is 0 Å². The molecule has 6 nitrogen and oxygen atoms in total. The zero-order chi connectivity index (χ0) is 19.7. The molecular weight excluding hydrogens is 398 g/mol. The fourth-order valence-corrected chi connectivity index (χ4v) is 4.37. The molecule has 1 amide bonds. The Kier molecular flexibility index (Phi) is 4.80. The minimum absolute atomic E-state index is 0.213. The summed E-state index contributed by atoms with van der Waals surface area (Å²) in [5.74, 6) is -0.267. The number of rotatable bonds is 3. The number of carbonyl (C=O) groups excluding carboxylic acids is 1. The molecule has 0 bridgehead atoms. The summed E-state index contributed by atoms with van der Waals surface area (Å²) in [6, 6.07) is 20.3. The molecule has 0 aliphatic carbocycles. The van der Waals surface area contributed by atoms with Gasteiger partial charge in [0.05, 0.1) is 5.69 Å². The number of hydrogen-bond donors (Lipinski definition) is 3. The highest BCUT2D eigenvalue weighted by atomic mass is 35.5. The normalized spacial score (nSPS) is 17.2. The molecule has 0 fully saturated rings. The zero-order valence-electron chi connectivity index (χ0n) is 14.5. The summed E-state index contributed by atoms with van der Waals surface area (Å²) in [5, 5.41) is 6.53. The Labute approximate surface area is 167 Å². The molecule has 1 aliphatic heterocycles. The molecule has 0 saturated heterocycles. The maximum Gasteiger partial charge on any atom is 0.255 e. The summed E-state index contributed by atoms with van der Waals surface area (Å²) in [7, 11) is -3.61. The summed E-state index contributed by atoms with van der Waals surface area (Å²) in [4.78, 5) is 12.6. The van der Waals surface area contributed by atoms with E-state index in [2.05, 4.69) is 15.4 Å². The molecule has 0 radical (unpaired) electrons. The van der Waals surface area contributed by atoms with Gasteiger partial charge in [0, 0.05) is 16.3 Å². The number of carbonyl (C=O) groups is 1. The van der Waals surface area contributed by atoms with Gasteiger partial charge in [-0.2, -0.15) is 4.72 Å². The van der Waals surface area contributed by atoms with Gasteiger partial charge in [-0.25, -0.2) is 8.42 Å². The van der Waals surface area contributed by atoms with Crippen molar-refractivity contribution in [2.75, 3.05) is 10.6 Å². The Morgan fingerprint density at radius 3 is 2.32 bits per heavy atom. The van der Waals surface area contributed by atoms with Gasteiger partial charge in [-0.1, -0.05) is 35.9 Å². The Balaban J connectivity index is 1.52. The highest BCUT2D eigenvalue weighted by Gasteiger charge is 2.29. The van der Waals surface area contributed by atoms with Gasteiger partial charge in [-0.3, -0.25) is 4.79 Å². The third-order valence-corrected chi connectivity index (χ3v) is 6.09. The topological polar surface area (TPSA) is 87.3 Å². The van der Waals surface area contributed by atoms with Crippen LogP contribution in [-0.2, 0) is 10.0 Å². The third-order valence-electron chi connectivity index (χ3n) is 4.36. The molecule has 1 heterocycles. The standard InChI is InChI=1S/C20H16ClN3O3S/c21-15-9-11-16(12-10-15)22-20(25)14-7-5-13(6-8-14)19-23-17-3-1-2-4-18(17)28(26,27)24-19/h1-12,19,23-24H,(H,22,25)/t19-/m1/s1.